The third-order valence-corrected chi connectivity index (χ3v) is 14.5. The number of halogens is 1. The molecule has 4 N–H and O–H groups in total. The zero-order valence-corrected chi connectivity index (χ0v) is 37.0. The average molecular weight is 894 g/mol. The van der Waals surface area contributed by atoms with Crippen LogP contribution in [0.1, 0.15) is 74.8 Å². The molecule has 0 radical (unpaired) electrons. The number of hydrogen-bond acceptors (Lipinski definition) is 12. The summed E-state index contributed by atoms with van der Waals surface area (Å²) in [4.78, 5) is 55.8. The highest BCUT2D eigenvalue weighted by atomic mass is 32.2. The van der Waals surface area contributed by atoms with Crippen LogP contribution in [0.2, 0.25) is 0 Å². The Morgan fingerprint density at radius 2 is 1.63 bits per heavy atom. The zero-order valence-electron chi connectivity index (χ0n) is 35.4. The van der Waals surface area contributed by atoms with E-state index in [0.717, 1.165) is 68.9 Å². The Kier molecular flexibility index (Phi) is 13.3. The molecule has 0 saturated carbocycles. The van der Waals surface area contributed by atoms with Crippen molar-refractivity contribution < 1.29 is 27.2 Å². The Bertz CT molecular complexity index is 2560. The van der Waals surface area contributed by atoms with Gasteiger partial charge >= 0.3 is 0 Å². The van der Waals surface area contributed by atoms with E-state index >= 15 is 4.39 Å². The van der Waals surface area contributed by atoms with Crippen LogP contribution in [0.4, 0.5) is 33.1 Å². The first-order valence-corrected chi connectivity index (χ1v) is 24.1. The SMILES string of the molecule is CCCS(=O)(=O)Nc1cccc(-c2nc(C)sc2-c2ccnc(Nc3ccc(C4CCN(C(=O)CC5CCN(c6ccc(N[C@@H]7CCC(=O)NC7=O)cc6)CC5)CC4)cc3)n2)c1F. The number of likely N-dealkylation sites (tertiary alicyclic amines) is 1. The standard InChI is InChI=1S/C46H52FN9O5S2/c1-3-27-63(60,61)54-37-6-4-5-36(42(37)47)43-44(62-29(2)49-43)38-17-22-48-46(52-38)51-34-9-7-31(8-10-34)32-20-25-56(26-21-32)41(58)28-30-18-23-55(24-19-30)35-13-11-33(12-14-35)50-39-15-16-40(57)53-45(39)59/h4-14,17,22,30,32,39,50,54H,3,15-16,18-21,23-28H2,1-2H3,(H,48,51,52)(H,53,57,59)/t39-/m1/s1. The van der Waals surface area contributed by atoms with Crippen LogP contribution in [0.15, 0.2) is 79.0 Å². The molecule has 330 valence electrons. The zero-order chi connectivity index (χ0) is 44.1. The maximum absolute atomic E-state index is 15.8. The predicted octanol–water partition coefficient (Wildman–Crippen LogP) is 7.84. The number of thiazole rings is 1. The van der Waals surface area contributed by atoms with E-state index in [4.69, 9.17) is 4.98 Å². The molecule has 17 heteroatoms. The number of imide groups is 1. The molecule has 3 saturated heterocycles. The van der Waals surface area contributed by atoms with Crippen molar-refractivity contribution in [3.63, 3.8) is 0 Å². The van der Waals surface area contributed by atoms with Crippen molar-refractivity contribution in [1.82, 2.24) is 25.2 Å². The number of hydrogen-bond donors (Lipinski definition) is 4. The Morgan fingerprint density at radius 1 is 0.905 bits per heavy atom. The second-order valence-electron chi connectivity index (χ2n) is 16.5. The minimum Gasteiger partial charge on any atom is -0.374 e. The molecule has 3 aromatic carbocycles. The number of rotatable bonds is 14. The molecule has 63 heavy (non-hydrogen) atoms. The summed E-state index contributed by atoms with van der Waals surface area (Å²) < 4.78 is 43.0. The van der Waals surface area contributed by atoms with Crippen LogP contribution >= 0.6 is 11.3 Å². The summed E-state index contributed by atoms with van der Waals surface area (Å²) in [7, 11) is -3.69. The van der Waals surface area contributed by atoms with Gasteiger partial charge in [0.25, 0.3) is 0 Å². The fourth-order valence-electron chi connectivity index (χ4n) is 8.61. The van der Waals surface area contributed by atoms with Gasteiger partial charge in [0.2, 0.25) is 33.7 Å². The number of carbonyl (C=O) groups excluding carboxylic acids is 3. The highest BCUT2D eigenvalue weighted by Gasteiger charge is 2.29. The summed E-state index contributed by atoms with van der Waals surface area (Å²) in [6.07, 6.45) is 7.17. The number of nitrogens with one attached hydrogen (secondary N) is 4. The lowest BCUT2D eigenvalue weighted by Crippen LogP contribution is -2.47. The van der Waals surface area contributed by atoms with Gasteiger partial charge in [0, 0.05) is 67.8 Å². The largest absolute Gasteiger partial charge is 0.374 e. The number of piperidine rings is 3. The van der Waals surface area contributed by atoms with Gasteiger partial charge in [-0.15, -0.1) is 11.3 Å². The van der Waals surface area contributed by atoms with Crippen molar-refractivity contribution in [1.29, 1.82) is 0 Å². The fraction of sp³-hybridized carbons (Fsp3) is 0.391. The monoisotopic (exact) mass is 893 g/mol. The summed E-state index contributed by atoms with van der Waals surface area (Å²) in [6, 6.07) is 22.2. The quantitative estimate of drug-likeness (QED) is 0.0799. The van der Waals surface area contributed by atoms with Crippen molar-refractivity contribution in [3.05, 3.63) is 95.4 Å². The van der Waals surface area contributed by atoms with E-state index in [-0.39, 0.29) is 34.7 Å². The van der Waals surface area contributed by atoms with Gasteiger partial charge in [0.05, 0.1) is 32.7 Å². The molecule has 3 aliphatic heterocycles. The smallest absolute Gasteiger partial charge is 0.249 e. The molecule has 3 fully saturated rings. The highest BCUT2D eigenvalue weighted by Crippen LogP contribution is 2.39. The molecule has 1 atom stereocenters. The summed E-state index contributed by atoms with van der Waals surface area (Å²) in [5.41, 5.74) is 4.97. The first kappa shape index (κ1) is 43.7. The molecule has 14 nitrogen and oxygen atoms in total. The number of benzene rings is 3. The number of amides is 3. The van der Waals surface area contributed by atoms with Crippen LogP contribution in [0, 0.1) is 18.7 Å². The third kappa shape index (κ3) is 10.6. The van der Waals surface area contributed by atoms with Gasteiger partial charge in [0.15, 0.2) is 5.82 Å². The topological polar surface area (TPSA) is 179 Å². The van der Waals surface area contributed by atoms with Crippen molar-refractivity contribution >= 4 is 67.8 Å². The van der Waals surface area contributed by atoms with Crippen LogP contribution in [0.5, 0.6) is 0 Å². The van der Waals surface area contributed by atoms with E-state index in [0.29, 0.717) is 64.7 Å². The third-order valence-electron chi connectivity index (χ3n) is 12.0. The molecule has 0 unspecified atom stereocenters. The maximum atomic E-state index is 15.8. The van der Waals surface area contributed by atoms with Gasteiger partial charge in [-0.3, -0.25) is 24.4 Å². The number of aryl methyl sites for hydroxylation is 1. The minimum atomic E-state index is -3.69. The van der Waals surface area contributed by atoms with Crippen molar-refractivity contribution in [3.8, 4) is 21.8 Å². The van der Waals surface area contributed by atoms with Crippen molar-refractivity contribution in [2.24, 2.45) is 5.92 Å². The molecule has 0 spiro atoms. The van der Waals surface area contributed by atoms with E-state index in [2.05, 4.69) is 59.8 Å². The lowest BCUT2D eigenvalue weighted by atomic mass is 9.88. The highest BCUT2D eigenvalue weighted by molar-refractivity contribution is 7.92. The van der Waals surface area contributed by atoms with E-state index in [9.17, 15) is 22.8 Å². The maximum Gasteiger partial charge on any atom is 0.249 e. The predicted molar refractivity (Wildman–Crippen MR) is 245 cm³/mol. The van der Waals surface area contributed by atoms with Gasteiger partial charge in [-0.05, 0) is 117 Å². The first-order chi connectivity index (χ1) is 30.4. The summed E-state index contributed by atoms with van der Waals surface area (Å²) in [5, 5.41) is 9.61. The lowest BCUT2D eigenvalue weighted by molar-refractivity contribution is -0.134. The normalized spacial score (nSPS) is 17.7. The Labute approximate surface area is 371 Å². The van der Waals surface area contributed by atoms with E-state index in [1.807, 2.05) is 36.1 Å². The number of sulfonamides is 1. The Morgan fingerprint density at radius 3 is 2.35 bits per heavy atom. The van der Waals surface area contributed by atoms with Gasteiger partial charge in [-0.2, -0.15) is 0 Å². The number of anilines is 5. The van der Waals surface area contributed by atoms with E-state index < -0.39 is 21.9 Å². The van der Waals surface area contributed by atoms with Crippen molar-refractivity contribution in [2.45, 2.75) is 77.2 Å². The van der Waals surface area contributed by atoms with Crippen molar-refractivity contribution in [2.75, 3.05) is 52.2 Å². The number of carbonyl (C=O) groups is 3. The van der Waals surface area contributed by atoms with Crippen LogP contribution < -0.4 is 25.6 Å². The molecule has 0 aliphatic carbocycles. The number of nitrogens with zero attached hydrogens (tertiary/aromatic N) is 5. The molecule has 3 aliphatic rings. The van der Waals surface area contributed by atoms with Crippen LogP contribution in [0.25, 0.3) is 21.8 Å². The second kappa shape index (κ2) is 19.2. The van der Waals surface area contributed by atoms with Gasteiger partial charge in [0.1, 0.15) is 6.04 Å². The van der Waals surface area contributed by atoms with Crippen LogP contribution in [-0.4, -0.2) is 84.0 Å². The number of aromatic nitrogens is 3. The molecule has 8 rings (SSSR count). The molecule has 0 bridgehead atoms. The summed E-state index contributed by atoms with van der Waals surface area (Å²) >= 11 is 1.37. The van der Waals surface area contributed by atoms with E-state index in [1.165, 1.54) is 23.0 Å². The molecule has 5 heterocycles. The molecule has 3 amide bonds. The molecular weight excluding hydrogens is 842 g/mol. The lowest BCUT2D eigenvalue weighted by Gasteiger charge is -2.36. The van der Waals surface area contributed by atoms with Gasteiger partial charge in [-0.25, -0.2) is 27.8 Å². The summed E-state index contributed by atoms with van der Waals surface area (Å²) in [6.45, 7) is 6.83. The molecular formula is C46H52FN9O5S2. The van der Waals surface area contributed by atoms with E-state index in [1.54, 1.807) is 31.3 Å². The minimum absolute atomic E-state index is 0.113. The van der Waals surface area contributed by atoms with Crippen LogP contribution in [0.3, 0.4) is 0 Å². The first-order valence-electron chi connectivity index (χ1n) is 21.6. The van der Waals surface area contributed by atoms with Crippen LogP contribution in [-0.2, 0) is 24.4 Å². The molecule has 2 aromatic heterocycles. The Balaban J connectivity index is 0.807. The van der Waals surface area contributed by atoms with Gasteiger partial charge < -0.3 is 20.4 Å². The second-order valence-corrected chi connectivity index (χ2v) is 19.5. The Hall–Kier alpha value is -5.94. The summed E-state index contributed by atoms with van der Waals surface area (Å²) in [5.74, 6) is -0.00432. The fourth-order valence-corrected chi connectivity index (χ4v) is 10.6. The average Bonchev–Trinajstić information content (AvgIpc) is 3.67. The molecule has 5 aromatic rings. The van der Waals surface area contributed by atoms with Gasteiger partial charge in [-0.1, -0.05) is 25.1 Å².